The molecule has 2 aromatic rings. The van der Waals surface area contributed by atoms with Crippen LogP contribution in [0.5, 0.6) is 23.0 Å². The summed E-state index contributed by atoms with van der Waals surface area (Å²) in [5.74, 6) is 2.37. The lowest BCUT2D eigenvalue weighted by Gasteiger charge is -2.33. The van der Waals surface area contributed by atoms with Gasteiger partial charge in [-0.15, -0.1) is 0 Å². The number of carbonyl (C=O) groups is 1. The van der Waals surface area contributed by atoms with E-state index in [9.17, 15) is 4.79 Å². The van der Waals surface area contributed by atoms with Crippen molar-refractivity contribution in [2.75, 3.05) is 47.6 Å². The molecule has 0 unspecified atom stereocenters. The van der Waals surface area contributed by atoms with E-state index in [2.05, 4.69) is 0 Å². The fourth-order valence-electron chi connectivity index (χ4n) is 3.06. The second kappa shape index (κ2) is 9.32. The molecule has 1 atom stereocenters. The highest BCUT2D eigenvalue weighted by atomic mass is 16.6. The van der Waals surface area contributed by atoms with Gasteiger partial charge in [0.2, 0.25) is 5.75 Å². The number of nitrogens with zero attached hydrogens (tertiary/aromatic N) is 1. The van der Waals surface area contributed by atoms with Crippen LogP contribution in [-0.4, -0.2) is 64.5 Å². The van der Waals surface area contributed by atoms with E-state index in [0.29, 0.717) is 42.5 Å². The Balaban J connectivity index is 1.63. The zero-order chi connectivity index (χ0) is 19.9. The first-order valence-electron chi connectivity index (χ1n) is 9.05. The SMILES string of the molecule is COc1ccc(C(=O)N2CCO[C@@H](COc3c(OC)cccc3OC)C2)cc1. The number of amides is 1. The number of benzene rings is 2. The van der Waals surface area contributed by atoms with Crippen molar-refractivity contribution in [3.63, 3.8) is 0 Å². The molecule has 0 aromatic heterocycles. The van der Waals surface area contributed by atoms with Crippen LogP contribution in [-0.2, 0) is 4.74 Å². The Hall–Kier alpha value is -2.93. The molecule has 1 heterocycles. The molecular weight excluding hydrogens is 362 g/mol. The summed E-state index contributed by atoms with van der Waals surface area (Å²) in [4.78, 5) is 14.5. The molecule has 150 valence electrons. The average molecular weight is 387 g/mol. The molecule has 28 heavy (non-hydrogen) atoms. The second-order valence-corrected chi connectivity index (χ2v) is 6.28. The van der Waals surface area contributed by atoms with Crippen molar-refractivity contribution in [1.82, 2.24) is 4.90 Å². The highest BCUT2D eigenvalue weighted by Crippen LogP contribution is 2.36. The minimum absolute atomic E-state index is 0.0363. The summed E-state index contributed by atoms with van der Waals surface area (Å²) in [6, 6.07) is 12.5. The third-order valence-electron chi connectivity index (χ3n) is 4.56. The fourth-order valence-corrected chi connectivity index (χ4v) is 3.06. The lowest BCUT2D eigenvalue weighted by molar-refractivity contribution is -0.0406. The topological polar surface area (TPSA) is 66.5 Å². The van der Waals surface area contributed by atoms with Crippen LogP contribution in [0.1, 0.15) is 10.4 Å². The van der Waals surface area contributed by atoms with Crippen molar-refractivity contribution >= 4 is 5.91 Å². The Morgan fingerprint density at radius 1 is 1.04 bits per heavy atom. The van der Waals surface area contributed by atoms with Gasteiger partial charge in [0, 0.05) is 12.1 Å². The van der Waals surface area contributed by atoms with Gasteiger partial charge in [-0.2, -0.15) is 0 Å². The van der Waals surface area contributed by atoms with E-state index >= 15 is 0 Å². The Morgan fingerprint density at radius 2 is 1.71 bits per heavy atom. The van der Waals surface area contributed by atoms with Gasteiger partial charge in [-0.25, -0.2) is 0 Å². The van der Waals surface area contributed by atoms with E-state index in [1.807, 2.05) is 6.07 Å². The van der Waals surface area contributed by atoms with Crippen LogP contribution in [0, 0.1) is 0 Å². The Kier molecular flexibility index (Phi) is 6.60. The third kappa shape index (κ3) is 4.48. The van der Waals surface area contributed by atoms with Gasteiger partial charge in [0.15, 0.2) is 11.5 Å². The van der Waals surface area contributed by atoms with Gasteiger partial charge in [-0.3, -0.25) is 4.79 Å². The van der Waals surface area contributed by atoms with Crippen molar-refractivity contribution in [1.29, 1.82) is 0 Å². The molecule has 1 amide bonds. The summed E-state index contributed by atoms with van der Waals surface area (Å²) in [5.41, 5.74) is 0.619. The van der Waals surface area contributed by atoms with Crippen molar-refractivity contribution in [3.05, 3.63) is 48.0 Å². The predicted molar refractivity (Wildman–Crippen MR) is 104 cm³/mol. The quantitative estimate of drug-likeness (QED) is 0.728. The number of methoxy groups -OCH3 is 3. The maximum atomic E-state index is 12.8. The number of hydrogen-bond donors (Lipinski definition) is 0. The maximum Gasteiger partial charge on any atom is 0.254 e. The number of hydrogen-bond acceptors (Lipinski definition) is 6. The lowest BCUT2D eigenvalue weighted by atomic mass is 10.1. The number of morpholine rings is 1. The predicted octanol–water partition coefficient (Wildman–Crippen LogP) is 2.63. The van der Waals surface area contributed by atoms with E-state index in [1.54, 1.807) is 62.6 Å². The van der Waals surface area contributed by atoms with Crippen molar-refractivity contribution < 1.29 is 28.5 Å². The molecule has 1 aliphatic heterocycles. The average Bonchev–Trinajstić information content (AvgIpc) is 2.77. The van der Waals surface area contributed by atoms with E-state index in [0.717, 1.165) is 5.75 Å². The zero-order valence-electron chi connectivity index (χ0n) is 16.3. The Labute approximate surface area is 164 Å². The van der Waals surface area contributed by atoms with Crippen LogP contribution in [0.4, 0.5) is 0 Å². The summed E-state index contributed by atoms with van der Waals surface area (Å²) >= 11 is 0. The molecule has 0 bridgehead atoms. The van der Waals surface area contributed by atoms with Crippen LogP contribution in [0.3, 0.4) is 0 Å². The molecule has 7 heteroatoms. The summed E-state index contributed by atoms with van der Waals surface area (Å²) in [6.45, 7) is 1.73. The van der Waals surface area contributed by atoms with Crippen LogP contribution in [0.25, 0.3) is 0 Å². The smallest absolute Gasteiger partial charge is 0.254 e. The summed E-state index contributed by atoms with van der Waals surface area (Å²) in [7, 11) is 4.75. The van der Waals surface area contributed by atoms with E-state index < -0.39 is 0 Å². The first kappa shape index (κ1) is 19.8. The molecule has 2 aromatic carbocycles. The normalized spacial score (nSPS) is 16.4. The lowest BCUT2D eigenvalue weighted by Crippen LogP contribution is -2.47. The van der Waals surface area contributed by atoms with Crippen LogP contribution in [0.2, 0.25) is 0 Å². The second-order valence-electron chi connectivity index (χ2n) is 6.28. The minimum atomic E-state index is -0.245. The van der Waals surface area contributed by atoms with E-state index in [1.165, 1.54) is 0 Å². The van der Waals surface area contributed by atoms with Crippen molar-refractivity contribution in [3.8, 4) is 23.0 Å². The van der Waals surface area contributed by atoms with Gasteiger partial charge in [0.1, 0.15) is 18.5 Å². The van der Waals surface area contributed by atoms with Crippen LogP contribution >= 0.6 is 0 Å². The maximum absolute atomic E-state index is 12.8. The Morgan fingerprint density at radius 3 is 2.32 bits per heavy atom. The zero-order valence-corrected chi connectivity index (χ0v) is 16.3. The largest absolute Gasteiger partial charge is 0.497 e. The van der Waals surface area contributed by atoms with Crippen LogP contribution in [0.15, 0.2) is 42.5 Å². The molecule has 7 nitrogen and oxygen atoms in total. The summed E-state index contributed by atoms with van der Waals surface area (Å²) < 4.78 is 27.5. The van der Waals surface area contributed by atoms with Gasteiger partial charge in [-0.05, 0) is 36.4 Å². The highest BCUT2D eigenvalue weighted by Gasteiger charge is 2.26. The first-order chi connectivity index (χ1) is 13.7. The molecule has 3 rings (SSSR count). The number of carbonyl (C=O) groups excluding carboxylic acids is 1. The van der Waals surface area contributed by atoms with Gasteiger partial charge < -0.3 is 28.6 Å². The van der Waals surface area contributed by atoms with E-state index in [4.69, 9.17) is 23.7 Å². The highest BCUT2D eigenvalue weighted by molar-refractivity contribution is 5.94. The van der Waals surface area contributed by atoms with E-state index in [-0.39, 0.29) is 18.6 Å². The standard InChI is InChI=1S/C21H25NO6/c1-24-16-9-7-15(8-10-16)21(23)22-11-12-27-17(13-22)14-28-20-18(25-2)5-4-6-19(20)26-3/h4-10,17H,11-14H2,1-3H3/t17-/m1/s1. The van der Waals surface area contributed by atoms with Gasteiger partial charge in [-0.1, -0.05) is 6.07 Å². The van der Waals surface area contributed by atoms with Crippen LogP contribution < -0.4 is 18.9 Å². The fraction of sp³-hybridized carbons (Fsp3) is 0.381. The Bertz CT molecular complexity index is 770. The number of ether oxygens (including phenoxy) is 5. The molecule has 1 aliphatic rings. The van der Waals surface area contributed by atoms with Gasteiger partial charge in [0.25, 0.3) is 5.91 Å². The van der Waals surface area contributed by atoms with Gasteiger partial charge in [0.05, 0.1) is 34.5 Å². The molecule has 0 N–H and O–H groups in total. The molecule has 0 saturated carbocycles. The first-order valence-corrected chi connectivity index (χ1v) is 9.05. The van der Waals surface area contributed by atoms with Crippen molar-refractivity contribution in [2.45, 2.75) is 6.10 Å². The summed E-state index contributed by atoms with van der Waals surface area (Å²) in [6.07, 6.45) is -0.245. The molecule has 1 fully saturated rings. The molecular formula is C21H25NO6. The minimum Gasteiger partial charge on any atom is -0.497 e. The molecule has 0 radical (unpaired) electrons. The van der Waals surface area contributed by atoms with Gasteiger partial charge >= 0.3 is 0 Å². The molecule has 0 spiro atoms. The summed E-state index contributed by atoms with van der Waals surface area (Å²) in [5, 5.41) is 0. The number of rotatable bonds is 7. The molecule has 1 saturated heterocycles. The monoisotopic (exact) mass is 387 g/mol. The van der Waals surface area contributed by atoms with Crippen molar-refractivity contribution in [2.24, 2.45) is 0 Å². The number of para-hydroxylation sites is 1. The molecule has 0 aliphatic carbocycles. The third-order valence-corrected chi connectivity index (χ3v) is 4.56.